The van der Waals surface area contributed by atoms with Gasteiger partial charge >= 0.3 is 0 Å². The Morgan fingerprint density at radius 2 is 2.33 bits per heavy atom. The van der Waals surface area contributed by atoms with Crippen LogP contribution in [-0.4, -0.2) is 50.4 Å². The van der Waals surface area contributed by atoms with E-state index in [1.165, 1.54) is 6.26 Å². The van der Waals surface area contributed by atoms with Crippen LogP contribution in [0.15, 0.2) is 12.3 Å². The minimum atomic E-state index is -3.07. The van der Waals surface area contributed by atoms with Crippen molar-refractivity contribution in [2.45, 2.75) is 18.7 Å². The molecule has 2 heterocycles. The summed E-state index contributed by atoms with van der Waals surface area (Å²) in [5, 5.41) is 0. The van der Waals surface area contributed by atoms with Gasteiger partial charge in [0.25, 0.3) is 0 Å². The largest absolute Gasteiger partial charge is 0.377 e. The number of morpholine rings is 1. The zero-order valence-corrected chi connectivity index (χ0v) is 11.4. The van der Waals surface area contributed by atoms with Crippen LogP contribution in [0.2, 0.25) is 0 Å². The van der Waals surface area contributed by atoms with E-state index < -0.39 is 9.84 Å². The normalized spacial score (nSPS) is 21.0. The van der Waals surface area contributed by atoms with Crippen molar-refractivity contribution in [2.75, 3.05) is 30.9 Å². The lowest BCUT2D eigenvalue weighted by Gasteiger charge is -2.33. The Morgan fingerprint density at radius 1 is 1.56 bits per heavy atom. The SMILES string of the molecule is C[C@H]1COCCN1c1nccc(CS(C)(=O)=O)n1. The van der Waals surface area contributed by atoms with Crippen molar-refractivity contribution in [3.05, 3.63) is 18.0 Å². The number of hydrogen-bond acceptors (Lipinski definition) is 6. The molecule has 18 heavy (non-hydrogen) atoms. The predicted octanol–water partition coefficient (Wildman–Crippen LogP) is 0.246. The van der Waals surface area contributed by atoms with Gasteiger partial charge in [-0.15, -0.1) is 0 Å². The molecule has 0 aliphatic carbocycles. The van der Waals surface area contributed by atoms with Crippen molar-refractivity contribution >= 4 is 15.8 Å². The fraction of sp³-hybridized carbons (Fsp3) is 0.636. The summed E-state index contributed by atoms with van der Waals surface area (Å²) in [6.45, 7) is 4.04. The maximum absolute atomic E-state index is 11.3. The second-order valence-corrected chi connectivity index (χ2v) is 6.68. The van der Waals surface area contributed by atoms with E-state index in [-0.39, 0.29) is 11.8 Å². The van der Waals surface area contributed by atoms with Gasteiger partial charge in [0.1, 0.15) is 0 Å². The van der Waals surface area contributed by atoms with Crippen LogP contribution in [0.4, 0.5) is 5.95 Å². The molecule has 0 saturated carbocycles. The molecule has 1 aromatic rings. The maximum Gasteiger partial charge on any atom is 0.225 e. The van der Waals surface area contributed by atoms with Gasteiger partial charge in [0.05, 0.1) is 30.7 Å². The zero-order chi connectivity index (χ0) is 13.2. The molecule has 0 radical (unpaired) electrons. The third-order valence-corrected chi connectivity index (χ3v) is 3.56. The van der Waals surface area contributed by atoms with Gasteiger partial charge < -0.3 is 9.64 Å². The molecule has 1 aliphatic rings. The first-order valence-electron chi connectivity index (χ1n) is 5.80. The molecule has 1 aliphatic heterocycles. The van der Waals surface area contributed by atoms with Crippen LogP contribution in [0.3, 0.4) is 0 Å². The van der Waals surface area contributed by atoms with Crippen LogP contribution >= 0.6 is 0 Å². The van der Waals surface area contributed by atoms with Crippen molar-refractivity contribution in [1.29, 1.82) is 0 Å². The van der Waals surface area contributed by atoms with Crippen LogP contribution in [0.1, 0.15) is 12.6 Å². The molecule has 0 amide bonds. The van der Waals surface area contributed by atoms with Crippen molar-refractivity contribution in [2.24, 2.45) is 0 Å². The molecule has 0 unspecified atom stereocenters. The first-order chi connectivity index (χ1) is 8.46. The van der Waals surface area contributed by atoms with Gasteiger partial charge in [-0.3, -0.25) is 0 Å². The highest BCUT2D eigenvalue weighted by atomic mass is 32.2. The molecule has 1 atom stereocenters. The Balaban J connectivity index is 2.21. The van der Waals surface area contributed by atoms with Crippen LogP contribution in [0.5, 0.6) is 0 Å². The first-order valence-corrected chi connectivity index (χ1v) is 7.86. The highest BCUT2D eigenvalue weighted by molar-refractivity contribution is 7.89. The van der Waals surface area contributed by atoms with Gasteiger partial charge in [-0.25, -0.2) is 18.4 Å². The molecular formula is C11H17N3O3S. The molecule has 1 saturated heterocycles. The second kappa shape index (κ2) is 5.19. The van der Waals surface area contributed by atoms with Gasteiger partial charge in [0.2, 0.25) is 5.95 Å². The molecule has 1 fully saturated rings. The van der Waals surface area contributed by atoms with Gasteiger partial charge in [-0.1, -0.05) is 0 Å². The summed E-state index contributed by atoms with van der Waals surface area (Å²) >= 11 is 0. The number of hydrogen-bond donors (Lipinski definition) is 0. The lowest BCUT2D eigenvalue weighted by Crippen LogP contribution is -2.44. The Bertz CT molecular complexity index is 518. The molecule has 0 N–H and O–H groups in total. The Kier molecular flexibility index (Phi) is 3.82. The van der Waals surface area contributed by atoms with Crippen molar-refractivity contribution in [1.82, 2.24) is 9.97 Å². The minimum Gasteiger partial charge on any atom is -0.377 e. The van der Waals surface area contributed by atoms with E-state index in [1.807, 2.05) is 11.8 Å². The Hall–Kier alpha value is -1.21. The topological polar surface area (TPSA) is 72.4 Å². The number of anilines is 1. The number of nitrogens with zero attached hydrogens (tertiary/aromatic N) is 3. The molecule has 100 valence electrons. The monoisotopic (exact) mass is 271 g/mol. The van der Waals surface area contributed by atoms with Gasteiger partial charge in [0, 0.05) is 19.0 Å². The van der Waals surface area contributed by atoms with E-state index in [4.69, 9.17) is 4.74 Å². The summed E-state index contributed by atoms with van der Waals surface area (Å²) in [5.41, 5.74) is 0.529. The predicted molar refractivity (Wildman–Crippen MR) is 68.2 cm³/mol. The molecule has 1 aromatic heterocycles. The first kappa shape index (κ1) is 13.2. The molecule has 7 heteroatoms. The average molecular weight is 271 g/mol. The second-order valence-electron chi connectivity index (χ2n) is 4.54. The smallest absolute Gasteiger partial charge is 0.225 e. The maximum atomic E-state index is 11.3. The van der Waals surface area contributed by atoms with Gasteiger partial charge in [-0.2, -0.15) is 0 Å². The molecule has 6 nitrogen and oxygen atoms in total. The standard InChI is InChI=1S/C11H17N3O3S/c1-9-7-17-6-5-14(9)11-12-4-3-10(13-11)8-18(2,15)16/h3-4,9H,5-8H2,1-2H3/t9-/m0/s1. The van der Waals surface area contributed by atoms with E-state index in [1.54, 1.807) is 12.3 Å². The lowest BCUT2D eigenvalue weighted by atomic mass is 10.3. The van der Waals surface area contributed by atoms with E-state index in [0.29, 0.717) is 24.9 Å². The zero-order valence-electron chi connectivity index (χ0n) is 10.5. The third-order valence-electron chi connectivity index (χ3n) is 2.74. The minimum absolute atomic E-state index is 0.0543. The number of rotatable bonds is 3. The molecule has 0 spiro atoms. The highest BCUT2D eigenvalue weighted by Gasteiger charge is 2.21. The van der Waals surface area contributed by atoms with Crippen molar-refractivity contribution in [3.8, 4) is 0 Å². The van der Waals surface area contributed by atoms with E-state index >= 15 is 0 Å². The van der Waals surface area contributed by atoms with Gasteiger partial charge in [0.15, 0.2) is 9.84 Å². The summed E-state index contributed by atoms with van der Waals surface area (Å²) in [4.78, 5) is 10.6. The van der Waals surface area contributed by atoms with Crippen LogP contribution < -0.4 is 4.90 Å². The summed E-state index contributed by atoms with van der Waals surface area (Å²) in [7, 11) is -3.07. The van der Waals surface area contributed by atoms with Crippen LogP contribution in [-0.2, 0) is 20.3 Å². The van der Waals surface area contributed by atoms with Crippen LogP contribution in [0.25, 0.3) is 0 Å². The third kappa shape index (κ3) is 3.39. The molecule has 2 rings (SSSR count). The van der Waals surface area contributed by atoms with E-state index in [0.717, 1.165) is 6.54 Å². The van der Waals surface area contributed by atoms with E-state index in [2.05, 4.69) is 9.97 Å². The Labute approximate surface area is 107 Å². The summed E-state index contributed by atoms with van der Waals surface area (Å²) in [5.74, 6) is 0.522. The molecular weight excluding hydrogens is 254 g/mol. The summed E-state index contributed by atoms with van der Waals surface area (Å²) < 4.78 is 27.9. The highest BCUT2D eigenvalue weighted by Crippen LogP contribution is 2.15. The van der Waals surface area contributed by atoms with Crippen LogP contribution in [0, 0.1) is 0 Å². The van der Waals surface area contributed by atoms with Crippen molar-refractivity contribution in [3.63, 3.8) is 0 Å². The fourth-order valence-electron chi connectivity index (χ4n) is 1.90. The number of ether oxygens (including phenoxy) is 1. The van der Waals surface area contributed by atoms with E-state index in [9.17, 15) is 8.42 Å². The fourth-order valence-corrected chi connectivity index (χ4v) is 2.59. The molecule has 0 bridgehead atoms. The summed E-state index contributed by atoms with van der Waals surface area (Å²) in [6, 6.07) is 1.84. The quantitative estimate of drug-likeness (QED) is 0.784. The average Bonchev–Trinajstić information content (AvgIpc) is 2.27. The van der Waals surface area contributed by atoms with Gasteiger partial charge in [-0.05, 0) is 13.0 Å². The van der Waals surface area contributed by atoms with Crippen molar-refractivity contribution < 1.29 is 13.2 Å². The number of aromatic nitrogens is 2. The Morgan fingerprint density at radius 3 is 3.00 bits per heavy atom. The molecule has 0 aromatic carbocycles. The summed E-state index contributed by atoms with van der Waals surface area (Å²) in [6.07, 6.45) is 2.80. The lowest BCUT2D eigenvalue weighted by molar-refractivity contribution is 0.0980. The number of sulfone groups is 1.